The van der Waals surface area contributed by atoms with E-state index in [9.17, 15) is 22.8 Å². The van der Waals surface area contributed by atoms with Crippen LogP contribution in [0, 0.1) is 5.92 Å². The second-order valence-electron chi connectivity index (χ2n) is 6.85. The van der Waals surface area contributed by atoms with Crippen LogP contribution in [0.15, 0.2) is 18.2 Å². The van der Waals surface area contributed by atoms with Gasteiger partial charge in [-0.3, -0.25) is 10.1 Å². The molecule has 27 heavy (non-hydrogen) atoms. The SMILES string of the molecule is C[C@H](CC(=O)O)[C@H]1CNc2cc(NC(=O)OC(C)(C)C(F)(F)F)ccc2O1. The van der Waals surface area contributed by atoms with Gasteiger partial charge < -0.3 is 19.9 Å². The van der Waals surface area contributed by atoms with Crippen LogP contribution in [0.3, 0.4) is 0 Å². The number of aliphatic carboxylic acids is 1. The molecule has 0 spiro atoms. The van der Waals surface area contributed by atoms with Gasteiger partial charge in [-0.15, -0.1) is 0 Å². The predicted octanol–water partition coefficient (Wildman–Crippen LogP) is 3.86. The van der Waals surface area contributed by atoms with E-state index in [1.807, 2.05) is 0 Å². The Labute approximate surface area is 153 Å². The maximum absolute atomic E-state index is 12.8. The first kappa shape index (κ1) is 20.7. The molecule has 10 heteroatoms. The minimum absolute atomic E-state index is 0.0395. The van der Waals surface area contributed by atoms with Crippen molar-refractivity contribution in [2.24, 2.45) is 5.92 Å². The third kappa shape index (κ3) is 5.18. The lowest BCUT2D eigenvalue weighted by molar-refractivity contribution is -0.242. The Morgan fingerprint density at radius 1 is 1.41 bits per heavy atom. The molecule has 7 nitrogen and oxygen atoms in total. The topological polar surface area (TPSA) is 96.9 Å². The molecule has 0 radical (unpaired) electrons. The van der Waals surface area contributed by atoms with Gasteiger partial charge in [0, 0.05) is 11.6 Å². The average Bonchev–Trinajstić information content (AvgIpc) is 2.51. The molecule has 1 aromatic rings. The van der Waals surface area contributed by atoms with E-state index in [4.69, 9.17) is 9.84 Å². The molecular formula is C17H21F3N2O5. The Balaban J connectivity index is 2.01. The van der Waals surface area contributed by atoms with Crippen molar-refractivity contribution in [3.05, 3.63) is 18.2 Å². The first-order chi connectivity index (χ1) is 12.4. The first-order valence-electron chi connectivity index (χ1n) is 8.22. The summed E-state index contributed by atoms with van der Waals surface area (Å²) in [5.74, 6) is -0.685. The summed E-state index contributed by atoms with van der Waals surface area (Å²) in [6, 6.07) is 4.48. The molecule has 0 unspecified atom stereocenters. The minimum Gasteiger partial charge on any atom is -0.486 e. The zero-order chi connectivity index (χ0) is 20.4. The summed E-state index contributed by atoms with van der Waals surface area (Å²) in [7, 11) is 0. The number of fused-ring (bicyclic) bond motifs is 1. The van der Waals surface area contributed by atoms with Gasteiger partial charge in [0.15, 0.2) is 0 Å². The fourth-order valence-corrected chi connectivity index (χ4v) is 2.42. The van der Waals surface area contributed by atoms with Crippen molar-refractivity contribution in [1.82, 2.24) is 0 Å². The summed E-state index contributed by atoms with van der Waals surface area (Å²) in [5, 5.41) is 14.2. The van der Waals surface area contributed by atoms with Crippen molar-refractivity contribution < 1.29 is 37.3 Å². The Bertz CT molecular complexity index is 721. The molecule has 1 aliphatic heterocycles. The minimum atomic E-state index is -4.70. The number of amides is 1. The molecule has 0 bridgehead atoms. The summed E-state index contributed by atoms with van der Waals surface area (Å²) in [5.41, 5.74) is -1.87. The van der Waals surface area contributed by atoms with Crippen LogP contribution in [0.1, 0.15) is 27.2 Å². The molecule has 0 saturated heterocycles. The van der Waals surface area contributed by atoms with Gasteiger partial charge in [0.05, 0.1) is 18.7 Å². The molecular weight excluding hydrogens is 369 g/mol. The number of benzene rings is 1. The number of ether oxygens (including phenoxy) is 2. The van der Waals surface area contributed by atoms with Crippen LogP contribution in [0.5, 0.6) is 5.75 Å². The Morgan fingerprint density at radius 2 is 2.07 bits per heavy atom. The van der Waals surface area contributed by atoms with Crippen molar-refractivity contribution in [2.45, 2.75) is 45.1 Å². The fourth-order valence-electron chi connectivity index (χ4n) is 2.42. The van der Waals surface area contributed by atoms with Crippen LogP contribution in [0.4, 0.5) is 29.3 Å². The molecule has 0 aliphatic carbocycles. The zero-order valence-corrected chi connectivity index (χ0v) is 15.0. The monoisotopic (exact) mass is 390 g/mol. The number of halogens is 3. The van der Waals surface area contributed by atoms with E-state index in [1.165, 1.54) is 18.2 Å². The second kappa shape index (κ2) is 7.53. The molecule has 0 fully saturated rings. The number of hydrogen-bond donors (Lipinski definition) is 3. The van der Waals surface area contributed by atoms with Gasteiger partial charge >= 0.3 is 18.2 Å². The quantitative estimate of drug-likeness (QED) is 0.707. The van der Waals surface area contributed by atoms with Crippen LogP contribution < -0.4 is 15.4 Å². The lowest BCUT2D eigenvalue weighted by atomic mass is 9.99. The number of alkyl halides is 3. The molecule has 1 aliphatic rings. The van der Waals surface area contributed by atoms with Gasteiger partial charge in [0.1, 0.15) is 11.9 Å². The van der Waals surface area contributed by atoms with Crippen LogP contribution in [-0.2, 0) is 9.53 Å². The summed E-state index contributed by atoms with van der Waals surface area (Å²) in [4.78, 5) is 22.6. The maximum Gasteiger partial charge on any atom is 0.427 e. The van der Waals surface area contributed by atoms with Crippen LogP contribution in [0.25, 0.3) is 0 Å². The fraction of sp³-hybridized carbons (Fsp3) is 0.529. The number of carboxylic acid groups (broad SMARTS) is 1. The summed E-state index contributed by atoms with van der Waals surface area (Å²) in [6.45, 7) is 3.64. The smallest absolute Gasteiger partial charge is 0.427 e. The van der Waals surface area contributed by atoms with Gasteiger partial charge in [0.2, 0.25) is 5.60 Å². The van der Waals surface area contributed by atoms with E-state index in [0.29, 0.717) is 18.0 Å². The van der Waals surface area contributed by atoms with Crippen molar-refractivity contribution in [3.8, 4) is 5.75 Å². The number of carbonyl (C=O) groups is 2. The van der Waals surface area contributed by atoms with Crippen molar-refractivity contribution in [2.75, 3.05) is 17.2 Å². The standard InChI is InChI=1S/C17H21F3N2O5/c1-9(6-14(23)24)13-8-21-11-7-10(4-5-12(11)26-13)22-15(25)27-16(2,3)17(18,19)20/h4-5,7,9,13,21H,6,8H2,1-3H3,(H,22,25)(H,23,24)/t9-,13-/m1/s1. The van der Waals surface area contributed by atoms with Gasteiger partial charge in [-0.1, -0.05) is 6.92 Å². The number of rotatable bonds is 5. The molecule has 2 rings (SSSR count). The average molecular weight is 390 g/mol. The normalized spacial score (nSPS) is 17.8. The molecule has 3 N–H and O–H groups in total. The number of carbonyl (C=O) groups excluding carboxylic acids is 1. The van der Waals surface area contributed by atoms with E-state index in [0.717, 1.165) is 13.8 Å². The Kier molecular flexibility index (Phi) is 5.76. The van der Waals surface area contributed by atoms with E-state index in [2.05, 4.69) is 15.4 Å². The van der Waals surface area contributed by atoms with Crippen LogP contribution >= 0.6 is 0 Å². The van der Waals surface area contributed by atoms with E-state index < -0.39 is 23.8 Å². The van der Waals surface area contributed by atoms with Crippen molar-refractivity contribution >= 4 is 23.4 Å². The van der Waals surface area contributed by atoms with Crippen LogP contribution in [-0.4, -0.2) is 41.6 Å². The van der Waals surface area contributed by atoms with Gasteiger partial charge in [-0.05, 0) is 32.0 Å². The number of anilines is 2. The third-order valence-corrected chi connectivity index (χ3v) is 4.16. The largest absolute Gasteiger partial charge is 0.486 e. The number of carboxylic acids is 1. The highest BCUT2D eigenvalue weighted by atomic mass is 19.4. The summed E-state index contributed by atoms with van der Waals surface area (Å²) >= 11 is 0. The Morgan fingerprint density at radius 3 is 2.67 bits per heavy atom. The molecule has 0 aromatic heterocycles. The molecule has 1 aromatic carbocycles. The highest BCUT2D eigenvalue weighted by Gasteiger charge is 2.51. The third-order valence-electron chi connectivity index (χ3n) is 4.16. The number of nitrogens with one attached hydrogen (secondary N) is 2. The summed E-state index contributed by atoms with van der Waals surface area (Å²) in [6.07, 6.45) is -6.31. The molecule has 0 saturated carbocycles. The van der Waals surface area contributed by atoms with E-state index in [-0.39, 0.29) is 24.1 Å². The molecule has 1 heterocycles. The van der Waals surface area contributed by atoms with E-state index >= 15 is 0 Å². The van der Waals surface area contributed by atoms with Gasteiger partial charge in [0.25, 0.3) is 0 Å². The first-order valence-corrected chi connectivity index (χ1v) is 8.22. The Hall–Kier alpha value is -2.65. The number of hydrogen-bond acceptors (Lipinski definition) is 5. The van der Waals surface area contributed by atoms with Crippen LogP contribution in [0.2, 0.25) is 0 Å². The second-order valence-corrected chi connectivity index (χ2v) is 6.85. The maximum atomic E-state index is 12.8. The predicted molar refractivity (Wildman–Crippen MR) is 91.0 cm³/mol. The van der Waals surface area contributed by atoms with Gasteiger partial charge in [-0.25, -0.2) is 4.79 Å². The lowest BCUT2D eigenvalue weighted by Crippen LogP contribution is -2.44. The summed E-state index contributed by atoms with van der Waals surface area (Å²) < 4.78 is 48.5. The molecule has 1 amide bonds. The lowest BCUT2D eigenvalue weighted by Gasteiger charge is -2.31. The highest BCUT2D eigenvalue weighted by Crippen LogP contribution is 2.35. The molecule has 2 atom stereocenters. The van der Waals surface area contributed by atoms with Gasteiger partial charge in [-0.2, -0.15) is 13.2 Å². The van der Waals surface area contributed by atoms with Crippen molar-refractivity contribution in [1.29, 1.82) is 0 Å². The van der Waals surface area contributed by atoms with Crippen molar-refractivity contribution in [3.63, 3.8) is 0 Å². The highest BCUT2D eigenvalue weighted by molar-refractivity contribution is 5.86. The zero-order valence-electron chi connectivity index (χ0n) is 15.0. The molecule has 150 valence electrons. The van der Waals surface area contributed by atoms with E-state index in [1.54, 1.807) is 6.92 Å².